The van der Waals surface area contributed by atoms with Gasteiger partial charge in [0.05, 0.1) is 22.4 Å². The van der Waals surface area contributed by atoms with E-state index < -0.39 is 0 Å². The van der Waals surface area contributed by atoms with Gasteiger partial charge in [0.15, 0.2) is 0 Å². The third-order valence-electron chi connectivity index (χ3n) is 12.0. The van der Waals surface area contributed by atoms with Crippen LogP contribution in [0.1, 0.15) is 0 Å². The lowest BCUT2D eigenvalue weighted by atomic mass is 9.87. The van der Waals surface area contributed by atoms with Crippen molar-refractivity contribution in [3.05, 3.63) is 213 Å². The van der Waals surface area contributed by atoms with Gasteiger partial charge in [-0.05, 0) is 85.4 Å². The molecule has 3 nitrogen and oxygen atoms in total. The third kappa shape index (κ3) is 5.29. The highest BCUT2D eigenvalue weighted by atomic mass is 15.0. The van der Waals surface area contributed by atoms with Crippen LogP contribution in [-0.2, 0) is 0 Å². The number of fused-ring (bicyclic) bond motifs is 10. The van der Waals surface area contributed by atoms with Crippen molar-refractivity contribution in [2.75, 3.05) is 0 Å². The van der Waals surface area contributed by atoms with Gasteiger partial charge in [-0.2, -0.15) is 0 Å². The fraction of sp³-hybridized carbons (Fsp3) is 0. The highest BCUT2D eigenvalue weighted by Gasteiger charge is 2.27. The van der Waals surface area contributed by atoms with Crippen molar-refractivity contribution >= 4 is 64.9 Å². The van der Waals surface area contributed by atoms with E-state index in [1.807, 2.05) is 24.5 Å². The summed E-state index contributed by atoms with van der Waals surface area (Å²) in [6, 6.07) is 72.5. The van der Waals surface area contributed by atoms with E-state index in [-0.39, 0.29) is 0 Å². The average Bonchev–Trinajstić information content (AvgIpc) is 3.68. The number of aromatic nitrogens is 3. The number of para-hydroxylation sites is 1. The molecule has 3 aromatic heterocycles. The van der Waals surface area contributed by atoms with Gasteiger partial charge >= 0.3 is 0 Å². The smallest absolute Gasteiger partial charge is 0.0718 e. The standard InChI is InChI=1S/C56H35N3/c1-3-16-37(17-4-1)52-54-53-46-24-12-10-22-44(46)48(41-28-30-51(57-34-41)42-31-40-21-9-14-26-50(40)58-35-42)33-49(53)45-23-11-13-25-47(45)56(54)59(55(52)38-18-5-2-6-19-38)43-29-27-36-15-7-8-20-39(36)32-43/h1-35H. The Labute approximate surface area is 341 Å². The Bertz CT molecular complexity index is 3590. The van der Waals surface area contributed by atoms with Crippen molar-refractivity contribution in [2.24, 2.45) is 0 Å². The Morgan fingerprint density at radius 3 is 1.78 bits per heavy atom. The van der Waals surface area contributed by atoms with Gasteiger partial charge in [-0.3, -0.25) is 9.97 Å². The van der Waals surface area contributed by atoms with Gasteiger partial charge in [-0.25, -0.2) is 0 Å². The van der Waals surface area contributed by atoms with E-state index in [1.165, 1.54) is 76.4 Å². The van der Waals surface area contributed by atoms with Crippen LogP contribution in [0.2, 0.25) is 0 Å². The molecule has 0 radical (unpaired) electrons. The lowest BCUT2D eigenvalue weighted by Gasteiger charge is -2.17. The fourth-order valence-corrected chi connectivity index (χ4v) is 9.36. The first kappa shape index (κ1) is 33.3. The molecule has 0 aliphatic heterocycles. The molecule has 0 bridgehead atoms. The molecular weight excluding hydrogens is 715 g/mol. The first-order valence-electron chi connectivity index (χ1n) is 20.1. The molecule has 3 heterocycles. The molecule has 59 heavy (non-hydrogen) atoms. The predicted octanol–water partition coefficient (Wildman–Crippen LogP) is 14.9. The summed E-state index contributed by atoms with van der Waals surface area (Å²) in [4.78, 5) is 9.76. The number of hydrogen-bond donors (Lipinski definition) is 0. The van der Waals surface area contributed by atoms with Crippen molar-refractivity contribution in [1.82, 2.24) is 14.5 Å². The summed E-state index contributed by atoms with van der Waals surface area (Å²) in [6.45, 7) is 0. The summed E-state index contributed by atoms with van der Waals surface area (Å²) in [5.74, 6) is 0. The van der Waals surface area contributed by atoms with E-state index in [0.29, 0.717) is 0 Å². The lowest BCUT2D eigenvalue weighted by molar-refractivity contribution is 1.14. The van der Waals surface area contributed by atoms with Gasteiger partial charge in [-0.15, -0.1) is 0 Å². The topological polar surface area (TPSA) is 30.7 Å². The van der Waals surface area contributed by atoms with E-state index in [2.05, 4.69) is 193 Å². The first-order chi connectivity index (χ1) is 29.3. The predicted molar refractivity (Wildman–Crippen MR) is 248 cm³/mol. The number of rotatable bonds is 5. The monoisotopic (exact) mass is 749 g/mol. The zero-order valence-corrected chi connectivity index (χ0v) is 32.0. The Morgan fingerprint density at radius 1 is 0.356 bits per heavy atom. The van der Waals surface area contributed by atoms with Crippen LogP contribution < -0.4 is 0 Å². The molecule has 0 unspecified atom stereocenters. The average molecular weight is 750 g/mol. The van der Waals surface area contributed by atoms with Crippen molar-refractivity contribution in [3.63, 3.8) is 0 Å². The normalized spacial score (nSPS) is 11.7. The maximum atomic E-state index is 5.05. The second kappa shape index (κ2) is 13.4. The molecular formula is C56H35N3. The minimum Gasteiger partial charge on any atom is -0.308 e. The first-order valence-corrected chi connectivity index (χ1v) is 20.1. The van der Waals surface area contributed by atoms with Crippen molar-refractivity contribution in [2.45, 2.75) is 0 Å². The lowest BCUT2D eigenvalue weighted by Crippen LogP contribution is -1.98. The second-order valence-corrected chi connectivity index (χ2v) is 15.3. The summed E-state index contributed by atoms with van der Waals surface area (Å²) in [6.07, 6.45) is 3.95. The van der Waals surface area contributed by atoms with E-state index in [0.717, 1.165) is 39.0 Å². The SMILES string of the molecule is c1ccc(-c2c(-c3ccccc3)n(-c3ccc4ccccc4c3)c3c4ccccc4c4cc(-c5ccc(-c6cnc7ccccc7c6)nc5)c5ccccc5c4c23)cc1. The minimum absolute atomic E-state index is 0.903. The van der Waals surface area contributed by atoms with Gasteiger partial charge in [0.25, 0.3) is 0 Å². The molecule has 0 N–H and O–H groups in total. The minimum atomic E-state index is 0.903. The van der Waals surface area contributed by atoms with Crippen LogP contribution in [0.25, 0.3) is 115 Å². The van der Waals surface area contributed by atoms with Crippen molar-refractivity contribution in [1.29, 1.82) is 0 Å². The zero-order chi connectivity index (χ0) is 38.9. The summed E-state index contributed by atoms with van der Waals surface area (Å²) < 4.78 is 2.54. The molecule has 9 aromatic carbocycles. The second-order valence-electron chi connectivity index (χ2n) is 15.3. The molecule has 12 rings (SSSR count). The van der Waals surface area contributed by atoms with Crippen LogP contribution in [0.15, 0.2) is 213 Å². The molecule has 0 aliphatic rings. The summed E-state index contributed by atoms with van der Waals surface area (Å²) in [5.41, 5.74) is 12.2. The van der Waals surface area contributed by atoms with Gasteiger partial charge in [-0.1, -0.05) is 164 Å². The highest BCUT2D eigenvalue weighted by molar-refractivity contribution is 6.36. The maximum Gasteiger partial charge on any atom is 0.0718 e. The van der Waals surface area contributed by atoms with Crippen LogP contribution in [0, 0.1) is 0 Å². The molecule has 0 amide bonds. The third-order valence-corrected chi connectivity index (χ3v) is 12.0. The van der Waals surface area contributed by atoms with Crippen molar-refractivity contribution in [3.8, 4) is 50.5 Å². The molecule has 0 fully saturated rings. The van der Waals surface area contributed by atoms with Gasteiger partial charge in [0, 0.05) is 56.3 Å². The molecule has 0 aliphatic carbocycles. The molecule has 12 aromatic rings. The summed E-state index contributed by atoms with van der Waals surface area (Å²) >= 11 is 0. The van der Waals surface area contributed by atoms with E-state index >= 15 is 0 Å². The Kier molecular flexibility index (Phi) is 7.54. The van der Waals surface area contributed by atoms with E-state index in [4.69, 9.17) is 9.97 Å². The van der Waals surface area contributed by atoms with Crippen molar-refractivity contribution < 1.29 is 0 Å². The highest BCUT2D eigenvalue weighted by Crippen LogP contribution is 2.51. The van der Waals surface area contributed by atoms with E-state index in [9.17, 15) is 0 Å². The van der Waals surface area contributed by atoms with Gasteiger partial charge in [0.2, 0.25) is 0 Å². The number of hydrogen-bond acceptors (Lipinski definition) is 2. The van der Waals surface area contributed by atoms with Crippen LogP contribution >= 0.6 is 0 Å². The Balaban J connectivity index is 1.21. The number of benzene rings is 9. The molecule has 0 atom stereocenters. The summed E-state index contributed by atoms with van der Waals surface area (Å²) in [5, 5.41) is 12.1. The van der Waals surface area contributed by atoms with Crippen LogP contribution in [-0.4, -0.2) is 14.5 Å². The Hall–Kier alpha value is -7.88. The molecule has 0 saturated carbocycles. The number of pyridine rings is 2. The fourth-order valence-electron chi connectivity index (χ4n) is 9.36. The Morgan fingerprint density at radius 2 is 1.00 bits per heavy atom. The van der Waals surface area contributed by atoms with Crippen LogP contribution in [0.5, 0.6) is 0 Å². The van der Waals surface area contributed by atoms with E-state index in [1.54, 1.807) is 0 Å². The molecule has 0 spiro atoms. The van der Waals surface area contributed by atoms with Crippen LogP contribution in [0.4, 0.5) is 0 Å². The largest absolute Gasteiger partial charge is 0.308 e. The van der Waals surface area contributed by atoms with Gasteiger partial charge < -0.3 is 4.57 Å². The maximum absolute atomic E-state index is 5.05. The van der Waals surface area contributed by atoms with Crippen LogP contribution in [0.3, 0.4) is 0 Å². The molecule has 3 heteroatoms. The quantitative estimate of drug-likeness (QED) is 0.164. The molecule has 0 saturated heterocycles. The zero-order valence-electron chi connectivity index (χ0n) is 32.0. The number of nitrogens with zero attached hydrogens (tertiary/aromatic N) is 3. The molecule has 274 valence electrons. The summed E-state index contributed by atoms with van der Waals surface area (Å²) in [7, 11) is 0. The van der Waals surface area contributed by atoms with Gasteiger partial charge in [0.1, 0.15) is 0 Å².